The van der Waals surface area contributed by atoms with Gasteiger partial charge in [0.2, 0.25) is 5.96 Å². The minimum absolute atomic E-state index is 0.166. The number of guanidine groups is 1. The molecule has 1 aromatic rings. The van der Waals surface area contributed by atoms with Gasteiger partial charge in [0, 0.05) is 12.7 Å². The normalized spacial score (nSPS) is 12.5. The lowest BCUT2D eigenvalue weighted by molar-refractivity contribution is -0.138. The lowest BCUT2D eigenvalue weighted by Crippen LogP contribution is -2.36. The van der Waals surface area contributed by atoms with Gasteiger partial charge in [-0.1, -0.05) is 6.07 Å². The van der Waals surface area contributed by atoms with Crippen molar-refractivity contribution in [3.63, 3.8) is 0 Å². The van der Waals surface area contributed by atoms with Crippen molar-refractivity contribution in [3.05, 3.63) is 29.3 Å². The number of hydrazine groups is 1. The fourth-order valence-electron chi connectivity index (χ4n) is 1.30. The Bertz CT molecular complexity index is 426. The van der Waals surface area contributed by atoms with Gasteiger partial charge < -0.3 is 5.32 Å². The number of nitrogens with zero attached hydrogens (tertiary/aromatic N) is 1. The molecule has 0 aliphatic carbocycles. The highest BCUT2D eigenvalue weighted by Crippen LogP contribution is 2.33. The predicted molar refractivity (Wildman–Crippen MR) is 60.5 cm³/mol. The van der Waals surface area contributed by atoms with Gasteiger partial charge in [0.1, 0.15) is 0 Å². The van der Waals surface area contributed by atoms with Crippen molar-refractivity contribution in [1.29, 1.82) is 0 Å². The fraction of sp³-hybridized carbons (Fsp3) is 0.300. The lowest BCUT2D eigenvalue weighted by Gasteiger charge is -2.13. The van der Waals surface area contributed by atoms with Crippen LogP contribution in [0.5, 0.6) is 0 Å². The van der Waals surface area contributed by atoms with Crippen LogP contribution < -0.4 is 16.6 Å². The van der Waals surface area contributed by atoms with Crippen molar-refractivity contribution in [2.75, 3.05) is 12.4 Å². The van der Waals surface area contributed by atoms with Crippen LogP contribution in [0.25, 0.3) is 0 Å². The average molecular weight is 246 g/mol. The van der Waals surface area contributed by atoms with Gasteiger partial charge in [-0.3, -0.25) is 10.4 Å². The second-order valence-electron chi connectivity index (χ2n) is 3.37. The molecule has 4 nitrogen and oxygen atoms in total. The third-order valence-electron chi connectivity index (χ3n) is 2.17. The number of halogens is 3. The second-order valence-corrected chi connectivity index (χ2v) is 3.37. The molecule has 0 heterocycles. The van der Waals surface area contributed by atoms with Crippen LogP contribution in [0.4, 0.5) is 18.9 Å². The van der Waals surface area contributed by atoms with Gasteiger partial charge in [-0.25, -0.2) is 5.84 Å². The Kier molecular flexibility index (Phi) is 3.95. The van der Waals surface area contributed by atoms with Gasteiger partial charge in [0.15, 0.2) is 0 Å². The number of benzene rings is 1. The van der Waals surface area contributed by atoms with E-state index in [1.54, 1.807) is 0 Å². The molecule has 0 atom stereocenters. The molecule has 0 aliphatic heterocycles. The van der Waals surface area contributed by atoms with Crippen LogP contribution in [0, 0.1) is 6.92 Å². The van der Waals surface area contributed by atoms with Gasteiger partial charge in [0.25, 0.3) is 0 Å². The maximum atomic E-state index is 12.6. The number of rotatable bonds is 1. The van der Waals surface area contributed by atoms with Crippen molar-refractivity contribution < 1.29 is 13.2 Å². The highest BCUT2D eigenvalue weighted by molar-refractivity contribution is 5.93. The molecule has 4 N–H and O–H groups in total. The molecule has 1 aromatic carbocycles. The summed E-state index contributed by atoms with van der Waals surface area (Å²) in [5.74, 6) is 5.30. The second kappa shape index (κ2) is 5.05. The number of aliphatic imine (C=N–C) groups is 1. The van der Waals surface area contributed by atoms with E-state index in [9.17, 15) is 13.2 Å². The molecule has 1 rings (SSSR count). The highest BCUT2D eigenvalue weighted by Gasteiger charge is 2.32. The Morgan fingerprint density at radius 2 is 2.00 bits per heavy atom. The average Bonchev–Trinajstić information content (AvgIpc) is 2.26. The van der Waals surface area contributed by atoms with Crippen LogP contribution in [-0.2, 0) is 6.18 Å². The largest absolute Gasteiger partial charge is 0.416 e. The first-order valence-corrected chi connectivity index (χ1v) is 4.76. The highest BCUT2D eigenvalue weighted by atomic mass is 19.4. The molecule has 17 heavy (non-hydrogen) atoms. The van der Waals surface area contributed by atoms with Crippen molar-refractivity contribution in [2.45, 2.75) is 13.1 Å². The molecule has 0 bridgehead atoms. The first-order valence-electron chi connectivity index (χ1n) is 4.76. The topological polar surface area (TPSA) is 62.4 Å². The minimum atomic E-state index is -4.37. The number of hydrogen-bond acceptors (Lipinski definition) is 2. The van der Waals surface area contributed by atoms with Crippen LogP contribution in [0.2, 0.25) is 0 Å². The van der Waals surface area contributed by atoms with E-state index in [4.69, 9.17) is 5.84 Å². The Morgan fingerprint density at radius 3 is 2.47 bits per heavy atom. The monoisotopic (exact) mass is 246 g/mol. The van der Waals surface area contributed by atoms with E-state index in [1.807, 2.05) is 0 Å². The zero-order valence-corrected chi connectivity index (χ0v) is 9.39. The zero-order chi connectivity index (χ0) is 13.1. The number of alkyl halides is 3. The number of nitrogens with two attached hydrogens (primary N) is 1. The molecular weight excluding hydrogens is 233 g/mol. The zero-order valence-electron chi connectivity index (χ0n) is 9.39. The Hall–Kier alpha value is -1.76. The number of nitrogens with one attached hydrogen (secondary N) is 2. The SMILES string of the molecule is CN=C(NN)Nc1ccc(C)c(C(F)(F)F)c1. The molecule has 94 valence electrons. The fourth-order valence-corrected chi connectivity index (χ4v) is 1.30. The van der Waals surface area contributed by atoms with Gasteiger partial charge in [-0.05, 0) is 24.6 Å². The van der Waals surface area contributed by atoms with E-state index < -0.39 is 11.7 Å². The lowest BCUT2D eigenvalue weighted by atomic mass is 10.1. The Labute approximate surface area is 96.7 Å². The quantitative estimate of drug-likeness (QED) is 0.307. The molecule has 0 spiro atoms. The van der Waals surface area contributed by atoms with Gasteiger partial charge in [0.05, 0.1) is 5.56 Å². The summed E-state index contributed by atoms with van der Waals surface area (Å²) in [6.45, 7) is 1.41. The van der Waals surface area contributed by atoms with Crippen molar-refractivity contribution >= 4 is 11.6 Å². The summed E-state index contributed by atoms with van der Waals surface area (Å²) in [4.78, 5) is 3.70. The maximum absolute atomic E-state index is 12.6. The molecule has 7 heteroatoms. The minimum Gasteiger partial charge on any atom is -0.325 e. The molecule has 0 fully saturated rings. The van der Waals surface area contributed by atoms with Gasteiger partial charge in [-0.15, -0.1) is 0 Å². The van der Waals surface area contributed by atoms with Crippen LogP contribution >= 0.6 is 0 Å². The van der Waals surface area contributed by atoms with E-state index >= 15 is 0 Å². The van der Waals surface area contributed by atoms with Gasteiger partial charge >= 0.3 is 6.18 Å². The summed E-state index contributed by atoms with van der Waals surface area (Å²) in [5.41, 5.74) is 1.98. The van der Waals surface area contributed by atoms with Crippen LogP contribution in [0.15, 0.2) is 23.2 Å². The van der Waals surface area contributed by atoms with Crippen LogP contribution in [0.3, 0.4) is 0 Å². The smallest absolute Gasteiger partial charge is 0.325 e. The molecule has 0 unspecified atom stereocenters. The van der Waals surface area contributed by atoms with Crippen molar-refractivity contribution in [1.82, 2.24) is 5.43 Å². The van der Waals surface area contributed by atoms with E-state index in [1.165, 1.54) is 26.1 Å². The van der Waals surface area contributed by atoms with E-state index in [0.717, 1.165) is 6.07 Å². The summed E-state index contributed by atoms with van der Waals surface area (Å²) in [5, 5.41) is 2.63. The van der Waals surface area contributed by atoms with Crippen molar-refractivity contribution in [3.8, 4) is 0 Å². The summed E-state index contributed by atoms with van der Waals surface area (Å²) in [7, 11) is 1.46. The first kappa shape index (κ1) is 13.3. The Morgan fingerprint density at radius 1 is 1.35 bits per heavy atom. The standard InChI is InChI=1S/C10H13F3N4/c1-6-3-4-7(16-9(15-2)17-14)5-8(6)10(11,12)13/h3-5H,14H2,1-2H3,(H2,15,16,17). The summed E-state index contributed by atoms with van der Waals surface area (Å²) in [6, 6.07) is 3.92. The molecule has 0 saturated heterocycles. The maximum Gasteiger partial charge on any atom is 0.416 e. The van der Waals surface area contributed by atoms with Crippen molar-refractivity contribution in [2.24, 2.45) is 10.8 Å². The number of anilines is 1. The third kappa shape index (κ3) is 3.35. The molecule has 0 radical (unpaired) electrons. The van der Waals surface area contributed by atoms with E-state index in [0.29, 0.717) is 0 Å². The summed E-state index contributed by atoms with van der Waals surface area (Å²) >= 11 is 0. The molecular formula is C10H13F3N4. The molecule has 0 amide bonds. The third-order valence-corrected chi connectivity index (χ3v) is 2.17. The Balaban J connectivity index is 3.05. The summed E-state index contributed by atoms with van der Waals surface area (Å²) in [6.07, 6.45) is -4.37. The molecule has 0 aliphatic rings. The number of hydrogen-bond donors (Lipinski definition) is 3. The summed E-state index contributed by atoms with van der Waals surface area (Å²) < 4.78 is 37.9. The number of aryl methyl sites for hydroxylation is 1. The molecule has 0 saturated carbocycles. The van der Waals surface area contributed by atoms with Crippen LogP contribution in [-0.4, -0.2) is 13.0 Å². The van der Waals surface area contributed by atoms with Gasteiger partial charge in [-0.2, -0.15) is 13.2 Å². The van der Waals surface area contributed by atoms with E-state index in [2.05, 4.69) is 15.7 Å². The predicted octanol–water partition coefficient (Wildman–Crippen LogP) is 1.87. The van der Waals surface area contributed by atoms with Crippen LogP contribution in [0.1, 0.15) is 11.1 Å². The first-order chi connectivity index (χ1) is 7.88. The molecule has 0 aromatic heterocycles. The van der Waals surface area contributed by atoms with E-state index in [-0.39, 0.29) is 17.2 Å².